The molecular weight excluding hydrogens is 246 g/mol. The van der Waals surface area contributed by atoms with Gasteiger partial charge in [-0.1, -0.05) is 46.6 Å². The Kier molecular flexibility index (Phi) is 8.28. The lowest BCUT2D eigenvalue weighted by Gasteiger charge is -2.24. The molecule has 20 heavy (non-hydrogen) atoms. The summed E-state index contributed by atoms with van der Waals surface area (Å²) in [7, 11) is 0. The van der Waals surface area contributed by atoms with Gasteiger partial charge in [-0.25, -0.2) is 4.98 Å². The van der Waals surface area contributed by atoms with Gasteiger partial charge in [0.1, 0.15) is 5.82 Å². The first-order chi connectivity index (χ1) is 9.67. The highest BCUT2D eigenvalue weighted by atomic mass is 15.2. The number of hydrogen-bond acceptors (Lipinski definition) is 3. The first kappa shape index (κ1) is 17.0. The summed E-state index contributed by atoms with van der Waals surface area (Å²) in [5.74, 6) is 1.13. The summed E-state index contributed by atoms with van der Waals surface area (Å²) in [4.78, 5) is 7.25. The van der Waals surface area contributed by atoms with E-state index in [2.05, 4.69) is 56.1 Å². The van der Waals surface area contributed by atoms with E-state index in [4.69, 9.17) is 4.98 Å². The lowest BCUT2D eigenvalue weighted by molar-refractivity contribution is 0.580. The molecule has 0 fully saturated rings. The Morgan fingerprint density at radius 2 is 1.75 bits per heavy atom. The molecule has 0 aliphatic rings. The van der Waals surface area contributed by atoms with Gasteiger partial charge in [0, 0.05) is 25.7 Å². The Morgan fingerprint density at radius 1 is 1.10 bits per heavy atom. The van der Waals surface area contributed by atoms with Gasteiger partial charge in [0.05, 0.1) is 5.69 Å². The summed E-state index contributed by atoms with van der Waals surface area (Å²) in [5, 5.41) is 3.43. The fourth-order valence-corrected chi connectivity index (χ4v) is 2.09. The van der Waals surface area contributed by atoms with E-state index in [1.807, 2.05) is 0 Å². The van der Waals surface area contributed by atoms with E-state index < -0.39 is 0 Å². The van der Waals surface area contributed by atoms with Crippen LogP contribution in [0.15, 0.2) is 18.2 Å². The van der Waals surface area contributed by atoms with Gasteiger partial charge in [-0.2, -0.15) is 0 Å². The van der Waals surface area contributed by atoms with Crippen molar-refractivity contribution in [3.8, 4) is 0 Å². The van der Waals surface area contributed by atoms with Crippen molar-refractivity contribution >= 4 is 5.82 Å². The van der Waals surface area contributed by atoms with Crippen molar-refractivity contribution in [3.63, 3.8) is 0 Å². The first-order valence-corrected chi connectivity index (χ1v) is 8.11. The number of nitrogens with one attached hydrogen (secondary N) is 1. The zero-order chi connectivity index (χ0) is 14.8. The van der Waals surface area contributed by atoms with Crippen molar-refractivity contribution in [2.24, 2.45) is 0 Å². The molecule has 0 bridgehead atoms. The average molecular weight is 277 g/mol. The summed E-state index contributed by atoms with van der Waals surface area (Å²) in [5.41, 5.74) is 1.13. The maximum absolute atomic E-state index is 4.81. The molecule has 1 heterocycles. The lowest BCUT2D eigenvalue weighted by Crippen LogP contribution is -2.27. The summed E-state index contributed by atoms with van der Waals surface area (Å²) >= 11 is 0. The van der Waals surface area contributed by atoms with Gasteiger partial charge in [0.15, 0.2) is 0 Å². The number of hydrogen-bond donors (Lipinski definition) is 1. The van der Waals surface area contributed by atoms with Crippen molar-refractivity contribution in [2.75, 3.05) is 18.0 Å². The second-order valence-corrected chi connectivity index (χ2v) is 5.72. The van der Waals surface area contributed by atoms with E-state index in [1.165, 1.54) is 25.7 Å². The number of unbranched alkanes of at least 4 members (excludes halogenated alkanes) is 2. The van der Waals surface area contributed by atoms with Crippen LogP contribution in [0.4, 0.5) is 5.82 Å². The number of pyridine rings is 1. The third-order valence-corrected chi connectivity index (χ3v) is 3.37. The fourth-order valence-electron chi connectivity index (χ4n) is 2.09. The molecule has 3 heteroatoms. The van der Waals surface area contributed by atoms with Crippen LogP contribution in [0, 0.1) is 0 Å². The maximum Gasteiger partial charge on any atom is 0.128 e. The summed E-state index contributed by atoms with van der Waals surface area (Å²) in [6.07, 6.45) is 4.94. The molecule has 1 rings (SSSR count). The molecule has 3 nitrogen and oxygen atoms in total. The molecule has 0 unspecified atom stereocenters. The zero-order valence-corrected chi connectivity index (χ0v) is 13.7. The van der Waals surface area contributed by atoms with Crippen LogP contribution in [0.25, 0.3) is 0 Å². The van der Waals surface area contributed by atoms with E-state index in [0.29, 0.717) is 6.04 Å². The predicted octanol–water partition coefficient (Wildman–Crippen LogP) is 3.99. The van der Waals surface area contributed by atoms with Crippen molar-refractivity contribution < 1.29 is 0 Å². The Labute approximate surface area is 124 Å². The van der Waals surface area contributed by atoms with E-state index in [0.717, 1.165) is 31.1 Å². The molecule has 0 aliphatic heterocycles. The van der Waals surface area contributed by atoms with Crippen molar-refractivity contribution in [2.45, 2.75) is 66.0 Å². The quantitative estimate of drug-likeness (QED) is 0.701. The Morgan fingerprint density at radius 3 is 2.30 bits per heavy atom. The summed E-state index contributed by atoms with van der Waals surface area (Å²) < 4.78 is 0. The van der Waals surface area contributed by atoms with Crippen LogP contribution >= 0.6 is 0 Å². The number of aromatic nitrogens is 1. The van der Waals surface area contributed by atoms with E-state index >= 15 is 0 Å². The van der Waals surface area contributed by atoms with Crippen LogP contribution in [0.1, 0.15) is 59.1 Å². The molecule has 0 atom stereocenters. The number of rotatable bonds is 10. The second-order valence-electron chi connectivity index (χ2n) is 5.72. The highest BCUT2D eigenvalue weighted by molar-refractivity contribution is 5.39. The lowest BCUT2D eigenvalue weighted by atomic mass is 10.2. The SMILES string of the molecule is CCCCN(CCCC)c1cccc(CNC(C)C)n1. The summed E-state index contributed by atoms with van der Waals surface area (Å²) in [6.45, 7) is 11.9. The maximum atomic E-state index is 4.81. The van der Waals surface area contributed by atoms with Gasteiger partial charge in [0.2, 0.25) is 0 Å². The van der Waals surface area contributed by atoms with E-state index in [9.17, 15) is 0 Å². The van der Waals surface area contributed by atoms with Crippen LogP contribution < -0.4 is 10.2 Å². The second kappa shape index (κ2) is 9.76. The zero-order valence-electron chi connectivity index (χ0n) is 13.7. The molecule has 0 spiro atoms. The molecule has 0 aromatic carbocycles. The molecule has 0 amide bonds. The molecule has 0 saturated heterocycles. The van der Waals surface area contributed by atoms with E-state index in [1.54, 1.807) is 0 Å². The van der Waals surface area contributed by atoms with Crippen LogP contribution in [-0.4, -0.2) is 24.1 Å². The minimum atomic E-state index is 0.497. The van der Waals surface area contributed by atoms with Gasteiger partial charge < -0.3 is 10.2 Å². The number of anilines is 1. The minimum Gasteiger partial charge on any atom is -0.357 e. The molecule has 1 aromatic heterocycles. The monoisotopic (exact) mass is 277 g/mol. The van der Waals surface area contributed by atoms with Crippen LogP contribution in [0.3, 0.4) is 0 Å². The Hall–Kier alpha value is -1.09. The minimum absolute atomic E-state index is 0.497. The van der Waals surface area contributed by atoms with E-state index in [-0.39, 0.29) is 0 Å². The van der Waals surface area contributed by atoms with Gasteiger partial charge in [-0.05, 0) is 25.0 Å². The molecule has 1 N–H and O–H groups in total. The normalized spacial score (nSPS) is 11.1. The molecule has 1 aromatic rings. The van der Waals surface area contributed by atoms with Crippen LogP contribution in [0.2, 0.25) is 0 Å². The summed E-state index contributed by atoms with van der Waals surface area (Å²) in [6, 6.07) is 6.88. The molecule has 114 valence electrons. The third-order valence-electron chi connectivity index (χ3n) is 3.37. The van der Waals surface area contributed by atoms with Gasteiger partial charge in [-0.15, -0.1) is 0 Å². The first-order valence-electron chi connectivity index (χ1n) is 8.11. The van der Waals surface area contributed by atoms with Gasteiger partial charge in [0.25, 0.3) is 0 Å². The fraction of sp³-hybridized carbons (Fsp3) is 0.706. The number of nitrogens with zero attached hydrogens (tertiary/aromatic N) is 2. The molecule has 0 aliphatic carbocycles. The smallest absolute Gasteiger partial charge is 0.128 e. The molecule has 0 radical (unpaired) electrons. The highest BCUT2D eigenvalue weighted by Gasteiger charge is 2.08. The largest absolute Gasteiger partial charge is 0.357 e. The van der Waals surface area contributed by atoms with Crippen molar-refractivity contribution in [1.82, 2.24) is 10.3 Å². The molecule has 0 saturated carbocycles. The van der Waals surface area contributed by atoms with Crippen LogP contribution in [-0.2, 0) is 6.54 Å². The predicted molar refractivity (Wildman–Crippen MR) is 88.2 cm³/mol. The van der Waals surface area contributed by atoms with Crippen molar-refractivity contribution in [1.29, 1.82) is 0 Å². The Balaban J connectivity index is 2.70. The van der Waals surface area contributed by atoms with Gasteiger partial charge in [-0.3, -0.25) is 0 Å². The molecular formula is C17H31N3. The van der Waals surface area contributed by atoms with Crippen molar-refractivity contribution in [3.05, 3.63) is 23.9 Å². The third kappa shape index (κ3) is 6.38. The average Bonchev–Trinajstić information content (AvgIpc) is 2.45. The van der Waals surface area contributed by atoms with Crippen LogP contribution in [0.5, 0.6) is 0 Å². The van der Waals surface area contributed by atoms with Gasteiger partial charge >= 0.3 is 0 Å². The topological polar surface area (TPSA) is 28.2 Å². The standard InChI is InChI=1S/C17H31N3/c1-5-7-12-20(13-8-6-2)17-11-9-10-16(19-17)14-18-15(3)4/h9-11,15,18H,5-8,12-14H2,1-4H3. The highest BCUT2D eigenvalue weighted by Crippen LogP contribution is 2.14. The Bertz CT molecular complexity index is 355.